The van der Waals surface area contributed by atoms with Crippen molar-refractivity contribution in [2.45, 2.75) is 45.3 Å². The Labute approximate surface area is 224 Å². The third kappa shape index (κ3) is 7.75. The third-order valence-corrected chi connectivity index (χ3v) is 7.10. The van der Waals surface area contributed by atoms with Crippen molar-refractivity contribution in [2.24, 2.45) is 0 Å². The lowest BCUT2D eigenvalue weighted by atomic mass is 9.88. The van der Waals surface area contributed by atoms with Gasteiger partial charge < -0.3 is 10.1 Å². The monoisotopic (exact) mass is 513 g/mol. The van der Waals surface area contributed by atoms with Crippen LogP contribution in [0.3, 0.4) is 0 Å². The lowest BCUT2D eigenvalue weighted by Gasteiger charge is -2.25. The van der Waals surface area contributed by atoms with Crippen molar-refractivity contribution in [3.05, 3.63) is 118 Å². The van der Waals surface area contributed by atoms with Gasteiger partial charge in [-0.3, -0.25) is 9.69 Å². The zero-order chi connectivity index (χ0) is 26.0. The van der Waals surface area contributed by atoms with Crippen LogP contribution >= 0.6 is 11.3 Å². The molecular formula is C31H35N3O2S. The summed E-state index contributed by atoms with van der Waals surface area (Å²) in [5.41, 5.74) is 4.34. The van der Waals surface area contributed by atoms with Gasteiger partial charge in [0, 0.05) is 23.9 Å². The Morgan fingerprint density at radius 3 is 2.11 bits per heavy atom. The number of amides is 1. The van der Waals surface area contributed by atoms with E-state index in [0.717, 1.165) is 30.3 Å². The fraction of sp³-hybridized carbons (Fsp3) is 0.290. The standard InChI is InChI=1S/C31H35N3O2S/c1-23(2)32-31(35)29-22-37-30(33-29)21-34(20-24-14-16-27(36-3)17-15-24)19-18-28(25-10-6-4-7-11-25)26-12-8-5-9-13-26/h4-17,22-23,28H,18-21H2,1-3H3,(H,32,35). The van der Waals surface area contributed by atoms with Gasteiger partial charge in [-0.1, -0.05) is 72.8 Å². The predicted octanol–water partition coefficient (Wildman–Crippen LogP) is 6.51. The first-order valence-electron chi connectivity index (χ1n) is 12.7. The van der Waals surface area contributed by atoms with Gasteiger partial charge in [0.15, 0.2) is 0 Å². The van der Waals surface area contributed by atoms with Crippen LogP contribution in [0.25, 0.3) is 0 Å². The lowest BCUT2D eigenvalue weighted by Crippen LogP contribution is -2.30. The number of rotatable bonds is 12. The van der Waals surface area contributed by atoms with E-state index in [2.05, 4.69) is 88.0 Å². The Morgan fingerprint density at radius 1 is 0.919 bits per heavy atom. The van der Waals surface area contributed by atoms with Crippen LogP contribution in [-0.2, 0) is 13.1 Å². The van der Waals surface area contributed by atoms with Crippen LogP contribution in [0.4, 0.5) is 0 Å². The molecule has 1 amide bonds. The largest absolute Gasteiger partial charge is 0.497 e. The molecule has 0 saturated heterocycles. The van der Waals surface area contributed by atoms with Gasteiger partial charge >= 0.3 is 0 Å². The van der Waals surface area contributed by atoms with E-state index in [1.165, 1.54) is 16.7 Å². The van der Waals surface area contributed by atoms with Gasteiger partial charge in [0.2, 0.25) is 0 Å². The number of benzene rings is 3. The number of nitrogens with one attached hydrogen (secondary N) is 1. The van der Waals surface area contributed by atoms with Gasteiger partial charge in [-0.15, -0.1) is 11.3 Å². The summed E-state index contributed by atoms with van der Waals surface area (Å²) in [5.74, 6) is 1.03. The number of carbonyl (C=O) groups is 1. The first kappa shape index (κ1) is 26.6. The zero-order valence-corrected chi connectivity index (χ0v) is 22.6. The first-order valence-corrected chi connectivity index (χ1v) is 13.6. The van der Waals surface area contributed by atoms with Crippen molar-refractivity contribution < 1.29 is 9.53 Å². The molecule has 0 aliphatic heterocycles. The van der Waals surface area contributed by atoms with E-state index in [-0.39, 0.29) is 11.9 Å². The highest BCUT2D eigenvalue weighted by molar-refractivity contribution is 7.09. The molecule has 0 fully saturated rings. The molecule has 0 bridgehead atoms. The van der Waals surface area contributed by atoms with Crippen LogP contribution in [0.15, 0.2) is 90.3 Å². The molecule has 0 spiro atoms. The highest BCUT2D eigenvalue weighted by Crippen LogP contribution is 2.29. The maximum atomic E-state index is 12.4. The molecule has 4 rings (SSSR count). The summed E-state index contributed by atoms with van der Waals surface area (Å²) < 4.78 is 5.34. The molecular weight excluding hydrogens is 478 g/mol. The molecule has 0 atom stereocenters. The molecule has 0 aliphatic carbocycles. The SMILES string of the molecule is COc1ccc(CN(CCC(c2ccccc2)c2ccccc2)Cc2nc(C(=O)NC(C)C)cs2)cc1. The average Bonchev–Trinajstić information content (AvgIpc) is 3.39. The number of ether oxygens (including phenoxy) is 1. The maximum Gasteiger partial charge on any atom is 0.270 e. The Hall–Kier alpha value is -3.48. The minimum atomic E-state index is -0.118. The Morgan fingerprint density at radius 2 is 1.54 bits per heavy atom. The minimum Gasteiger partial charge on any atom is -0.497 e. The number of methoxy groups -OCH3 is 1. The average molecular weight is 514 g/mol. The predicted molar refractivity (Wildman–Crippen MR) is 151 cm³/mol. The molecule has 1 heterocycles. The highest BCUT2D eigenvalue weighted by Gasteiger charge is 2.18. The normalized spacial score (nSPS) is 11.3. The van der Waals surface area contributed by atoms with Gasteiger partial charge in [-0.05, 0) is 55.6 Å². The van der Waals surface area contributed by atoms with Gasteiger partial charge in [-0.2, -0.15) is 0 Å². The van der Waals surface area contributed by atoms with Crippen LogP contribution in [0, 0.1) is 0 Å². The Bertz CT molecular complexity index is 1200. The smallest absolute Gasteiger partial charge is 0.270 e. The number of nitrogens with zero attached hydrogens (tertiary/aromatic N) is 2. The summed E-state index contributed by atoms with van der Waals surface area (Å²) in [4.78, 5) is 19.5. The van der Waals surface area contributed by atoms with Gasteiger partial charge in [0.1, 0.15) is 16.5 Å². The molecule has 1 aromatic heterocycles. The summed E-state index contributed by atoms with van der Waals surface area (Å²) in [6.45, 7) is 6.26. The van der Waals surface area contributed by atoms with Gasteiger partial charge in [-0.25, -0.2) is 4.98 Å². The van der Waals surface area contributed by atoms with Crippen LogP contribution < -0.4 is 10.1 Å². The summed E-state index contributed by atoms with van der Waals surface area (Å²) in [6, 6.07) is 29.7. The van der Waals surface area contributed by atoms with E-state index in [1.54, 1.807) is 18.4 Å². The summed E-state index contributed by atoms with van der Waals surface area (Å²) in [5, 5.41) is 5.73. The molecule has 4 aromatic rings. The van der Waals surface area contributed by atoms with Crippen molar-refractivity contribution in [3.8, 4) is 5.75 Å². The van der Waals surface area contributed by atoms with E-state index in [0.29, 0.717) is 18.2 Å². The van der Waals surface area contributed by atoms with Crippen LogP contribution in [-0.4, -0.2) is 35.5 Å². The van der Waals surface area contributed by atoms with E-state index >= 15 is 0 Å². The fourth-order valence-corrected chi connectivity index (χ4v) is 5.24. The number of aromatic nitrogens is 1. The van der Waals surface area contributed by atoms with E-state index in [1.807, 2.05) is 31.4 Å². The quantitative estimate of drug-likeness (QED) is 0.234. The van der Waals surface area contributed by atoms with Crippen molar-refractivity contribution >= 4 is 17.2 Å². The second-order valence-electron chi connectivity index (χ2n) is 9.48. The zero-order valence-electron chi connectivity index (χ0n) is 21.8. The minimum absolute atomic E-state index is 0.0807. The summed E-state index contributed by atoms with van der Waals surface area (Å²) in [7, 11) is 1.68. The molecule has 5 nitrogen and oxygen atoms in total. The second kappa shape index (κ2) is 13.2. The molecule has 37 heavy (non-hydrogen) atoms. The van der Waals surface area contributed by atoms with Crippen LogP contribution in [0.5, 0.6) is 5.75 Å². The number of hydrogen-bond donors (Lipinski definition) is 1. The summed E-state index contributed by atoms with van der Waals surface area (Å²) >= 11 is 1.54. The Kier molecular flexibility index (Phi) is 9.46. The Balaban J connectivity index is 1.54. The van der Waals surface area contributed by atoms with Crippen molar-refractivity contribution in [1.82, 2.24) is 15.2 Å². The van der Waals surface area contributed by atoms with Crippen molar-refractivity contribution in [3.63, 3.8) is 0 Å². The lowest BCUT2D eigenvalue weighted by molar-refractivity contribution is 0.0938. The van der Waals surface area contributed by atoms with Crippen LogP contribution in [0.2, 0.25) is 0 Å². The molecule has 3 aromatic carbocycles. The highest BCUT2D eigenvalue weighted by atomic mass is 32.1. The van der Waals surface area contributed by atoms with Crippen molar-refractivity contribution in [1.29, 1.82) is 0 Å². The van der Waals surface area contributed by atoms with Gasteiger partial charge in [0.05, 0.1) is 13.7 Å². The number of thiazole rings is 1. The second-order valence-corrected chi connectivity index (χ2v) is 10.4. The van der Waals surface area contributed by atoms with E-state index in [9.17, 15) is 4.79 Å². The van der Waals surface area contributed by atoms with E-state index in [4.69, 9.17) is 4.74 Å². The molecule has 1 N–H and O–H groups in total. The molecule has 0 saturated carbocycles. The molecule has 0 radical (unpaired) electrons. The fourth-order valence-electron chi connectivity index (χ4n) is 4.43. The topological polar surface area (TPSA) is 54.5 Å². The first-order chi connectivity index (χ1) is 18.0. The number of carbonyl (C=O) groups excluding carboxylic acids is 1. The van der Waals surface area contributed by atoms with E-state index < -0.39 is 0 Å². The molecule has 0 aliphatic rings. The molecule has 0 unspecified atom stereocenters. The third-order valence-electron chi connectivity index (χ3n) is 6.27. The molecule has 192 valence electrons. The van der Waals surface area contributed by atoms with Crippen molar-refractivity contribution in [2.75, 3.05) is 13.7 Å². The summed E-state index contributed by atoms with van der Waals surface area (Å²) in [6.07, 6.45) is 0.969. The van der Waals surface area contributed by atoms with Crippen LogP contribution in [0.1, 0.15) is 58.4 Å². The van der Waals surface area contributed by atoms with Gasteiger partial charge in [0.25, 0.3) is 5.91 Å². The maximum absolute atomic E-state index is 12.4. The number of hydrogen-bond acceptors (Lipinski definition) is 5. The molecule has 6 heteroatoms.